The molecule has 24 heavy (non-hydrogen) atoms. The summed E-state index contributed by atoms with van der Waals surface area (Å²) in [5, 5.41) is 3.45. The fourth-order valence-corrected chi connectivity index (χ4v) is 3.46. The number of carbonyl (C=O) groups is 1. The van der Waals surface area contributed by atoms with Crippen molar-refractivity contribution in [2.24, 2.45) is 5.41 Å². The highest BCUT2D eigenvalue weighted by atomic mass is 35.5. The smallest absolute Gasteiger partial charge is 0.276 e. The first-order valence-electron chi connectivity index (χ1n) is 8.21. The molecule has 2 fully saturated rings. The number of ether oxygens (including phenoxy) is 1. The summed E-state index contributed by atoms with van der Waals surface area (Å²) >= 11 is 0. The molecule has 0 atom stereocenters. The van der Waals surface area contributed by atoms with Crippen molar-refractivity contribution in [3.63, 3.8) is 0 Å². The first kappa shape index (κ1) is 21.0. The lowest BCUT2D eigenvalue weighted by molar-refractivity contribution is 0.0596. The second-order valence-electron chi connectivity index (χ2n) is 6.74. The van der Waals surface area contributed by atoms with E-state index in [4.69, 9.17) is 4.74 Å². The van der Waals surface area contributed by atoms with Crippen LogP contribution in [0.1, 0.15) is 43.6 Å². The minimum absolute atomic E-state index is 0. The molecule has 7 heteroatoms. The largest absolute Gasteiger partial charge is 0.489 e. The van der Waals surface area contributed by atoms with E-state index in [1.165, 1.54) is 6.42 Å². The number of hydrogen-bond acceptors (Lipinski definition) is 4. The number of rotatable bonds is 3. The molecule has 0 saturated carbocycles. The summed E-state index contributed by atoms with van der Waals surface area (Å²) in [5.74, 6) is 0.586. The van der Waals surface area contributed by atoms with Crippen LogP contribution in [0.3, 0.4) is 0 Å². The molecule has 1 amide bonds. The van der Waals surface area contributed by atoms with Gasteiger partial charge in [-0.2, -0.15) is 0 Å². The van der Waals surface area contributed by atoms with Gasteiger partial charge in [-0.15, -0.1) is 24.8 Å². The summed E-state index contributed by atoms with van der Waals surface area (Å²) < 4.78 is 5.73. The lowest BCUT2D eigenvalue weighted by Gasteiger charge is -2.38. The Bertz CT molecular complexity index is 538. The van der Waals surface area contributed by atoms with Crippen molar-refractivity contribution < 1.29 is 9.53 Å². The zero-order valence-corrected chi connectivity index (χ0v) is 15.9. The van der Waals surface area contributed by atoms with Crippen molar-refractivity contribution in [1.29, 1.82) is 0 Å². The highest BCUT2D eigenvalue weighted by Crippen LogP contribution is 2.37. The average molecular weight is 376 g/mol. The van der Waals surface area contributed by atoms with Crippen molar-refractivity contribution in [1.82, 2.24) is 15.2 Å². The van der Waals surface area contributed by atoms with Crippen LogP contribution in [0.5, 0.6) is 5.75 Å². The first-order valence-corrected chi connectivity index (χ1v) is 8.21. The third kappa shape index (κ3) is 4.52. The van der Waals surface area contributed by atoms with Crippen molar-refractivity contribution in [2.75, 3.05) is 26.2 Å². The normalized spacial score (nSPS) is 18.9. The highest BCUT2D eigenvalue weighted by molar-refractivity contribution is 5.95. The fraction of sp³-hybridized carbons (Fsp3) is 0.647. The zero-order chi connectivity index (χ0) is 15.6. The van der Waals surface area contributed by atoms with E-state index in [1.54, 1.807) is 6.20 Å². The SMILES string of the molecule is CC(C)Oc1cccnc1C(=O)N1CCC2(CCNC2)CC1.Cl.Cl. The van der Waals surface area contributed by atoms with Gasteiger partial charge in [0.1, 0.15) is 0 Å². The summed E-state index contributed by atoms with van der Waals surface area (Å²) in [6.07, 6.45) is 5.09. The molecule has 1 N–H and O–H groups in total. The van der Waals surface area contributed by atoms with Gasteiger partial charge in [-0.1, -0.05) is 0 Å². The van der Waals surface area contributed by atoms with E-state index >= 15 is 0 Å². The first-order chi connectivity index (χ1) is 10.6. The van der Waals surface area contributed by atoms with E-state index in [0.29, 0.717) is 16.9 Å². The standard InChI is InChI=1S/C17H25N3O2.2ClH/c1-13(2)22-14-4-3-8-19-15(14)16(21)20-10-6-17(7-11-20)5-9-18-12-17;;/h3-4,8,13,18H,5-7,9-12H2,1-2H3;2*1H. The quantitative estimate of drug-likeness (QED) is 0.882. The molecule has 0 aliphatic carbocycles. The van der Waals surface area contributed by atoms with Crippen LogP contribution in [0.4, 0.5) is 0 Å². The average Bonchev–Trinajstić information content (AvgIpc) is 2.96. The van der Waals surface area contributed by atoms with E-state index < -0.39 is 0 Å². The van der Waals surface area contributed by atoms with Crippen LogP contribution >= 0.6 is 24.8 Å². The zero-order valence-electron chi connectivity index (χ0n) is 14.3. The number of amides is 1. The maximum Gasteiger partial charge on any atom is 0.276 e. The van der Waals surface area contributed by atoms with E-state index in [-0.39, 0.29) is 36.8 Å². The number of likely N-dealkylation sites (tertiary alicyclic amines) is 1. The van der Waals surface area contributed by atoms with E-state index in [0.717, 1.165) is 39.0 Å². The van der Waals surface area contributed by atoms with Crippen LogP contribution in [-0.2, 0) is 0 Å². The van der Waals surface area contributed by atoms with Crippen LogP contribution in [0, 0.1) is 5.41 Å². The Morgan fingerprint density at radius 3 is 2.58 bits per heavy atom. The number of nitrogens with zero attached hydrogens (tertiary/aromatic N) is 2. The number of pyridine rings is 1. The predicted molar refractivity (Wildman–Crippen MR) is 99.6 cm³/mol. The number of nitrogens with one attached hydrogen (secondary N) is 1. The molecular weight excluding hydrogens is 349 g/mol. The van der Waals surface area contributed by atoms with Crippen molar-refractivity contribution in [3.05, 3.63) is 24.0 Å². The van der Waals surface area contributed by atoms with Gasteiger partial charge in [0.05, 0.1) is 6.10 Å². The lowest BCUT2D eigenvalue weighted by atomic mass is 9.78. The number of aromatic nitrogens is 1. The van der Waals surface area contributed by atoms with Crippen LogP contribution in [-0.4, -0.2) is 48.1 Å². The molecular formula is C17H27Cl2N3O2. The molecule has 2 aliphatic rings. The second kappa shape index (κ2) is 8.88. The van der Waals surface area contributed by atoms with E-state index in [1.807, 2.05) is 30.9 Å². The van der Waals surface area contributed by atoms with Gasteiger partial charge in [0.2, 0.25) is 0 Å². The molecule has 3 rings (SSSR count). The van der Waals surface area contributed by atoms with E-state index in [9.17, 15) is 4.79 Å². The lowest BCUT2D eigenvalue weighted by Crippen LogP contribution is -2.44. The van der Waals surface area contributed by atoms with Gasteiger partial charge in [-0.25, -0.2) is 4.98 Å². The van der Waals surface area contributed by atoms with Crippen molar-refractivity contribution >= 4 is 30.7 Å². The van der Waals surface area contributed by atoms with Crippen LogP contribution < -0.4 is 10.1 Å². The molecule has 0 bridgehead atoms. The Kier molecular flexibility index (Phi) is 7.77. The monoisotopic (exact) mass is 375 g/mol. The summed E-state index contributed by atoms with van der Waals surface area (Å²) in [6, 6.07) is 3.64. The van der Waals surface area contributed by atoms with Crippen LogP contribution in [0.25, 0.3) is 0 Å². The molecule has 0 unspecified atom stereocenters. The Hall–Kier alpha value is -1.04. The van der Waals surface area contributed by atoms with Crippen LogP contribution in [0.15, 0.2) is 18.3 Å². The molecule has 5 nitrogen and oxygen atoms in total. The number of carbonyl (C=O) groups excluding carboxylic acids is 1. The Labute approximate surface area is 156 Å². The van der Waals surface area contributed by atoms with E-state index in [2.05, 4.69) is 10.3 Å². The van der Waals surface area contributed by atoms with Gasteiger partial charge in [-0.05, 0) is 57.2 Å². The third-order valence-electron chi connectivity index (χ3n) is 4.78. The Morgan fingerprint density at radius 2 is 2.00 bits per heavy atom. The van der Waals surface area contributed by atoms with Gasteiger partial charge in [-0.3, -0.25) is 4.79 Å². The topological polar surface area (TPSA) is 54.5 Å². The highest BCUT2D eigenvalue weighted by Gasteiger charge is 2.38. The molecule has 1 aromatic heterocycles. The van der Waals surface area contributed by atoms with Crippen LogP contribution in [0.2, 0.25) is 0 Å². The van der Waals surface area contributed by atoms with Gasteiger partial charge in [0.25, 0.3) is 5.91 Å². The third-order valence-corrected chi connectivity index (χ3v) is 4.78. The summed E-state index contributed by atoms with van der Waals surface area (Å²) in [7, 11) is 0. The summed E-state index contributed by atoms with van der Waals surface area (Å²) in [5.41, 5.74) is 0.856. The molecule has 0 aromatic carbocycles. The molecule has 2 aliphatic heterocycles. The summed E-state index contributed by atoms with van der Waals surface area (Å²) in [6.45, 7) is 7.76. The molecule has 3 heterocycles. The molecule has 1 aromatic rings. The molecule has 2 saturated heterocycles. The maximum absolute atomic E-state index is 12.8. The predicted octanol–water partition coefficient (Wildman–Crippen LogP) is 2.93. The van der Waals surface area contributed by atoms with Gasteiger partial charge < -0.3 is 15.0 Å². The summed E-state index contributed by atoms with van der Waals surface area (Å²) in [4.78, 5) is 19.0. The number of halogens is 2. The Morgan fingerprint density at radius 1 is 1.29 bits per heavy atom. The second-order valence-corrected chi connectivity index (χ2v) is 6.74. The minimum Gasteiger partial charge on any atom is -0.489 e. The molecule has 1 spiro atoms. The van der Waals surface area contributed by atoms with Crippen molar-refractivity contribution in [2.45, 2.75) is 39.2 Å². The fourth-order valence-electron chi connectivity index (χ4n) is 3.46. The maximum atomic E-state index is 12.8. The van der Waals surface area contributed by atoms with Gasteiger partial charge >= 0.3 is 0 Å². The van der Waals surface area contributed by atoms with Gasteiger partial charge in [0.15, 0.2) is 11.4 Å². The van der Waals surface area contributed by atoms with Crippen molar-refractivity contribution in [3.8, 4) is 5.75 Å². The Balaban J connectivity index is 0.00000144. The van der Waals surface area contributed by atoms with Gasteiger partial charge in [0, 0.05) is 25.8 Å². The molecule has 0 radical (unpaired) electrons. The molecule has 136 valence electrons. The number of hydrogen-bond donors (Lipinski definition) is 1. The minimum atomic E-state index is -0.00273. The number of piperidine rings is 1.